The summed E-state index contributed by atoms with van der Waals surface area (Å²) in [5, 5.41) is 0. The highest BCUT2D eigenvalue weighted by molar-refractivity contribution is 7.79. The number of halogens is 8. The van der Waals surface area contributed by atoms with Gasteiger partial charge in [-0.05, 0) is 55.4 Å². The Labute approximate surface area is 211 Å². The maximum absolute atomic E-state index is 12.0. The highest BCUT2D eigenvalue weighted by Gasteiger charge is 2.73. The van der Waals surface area contributed by atoms with Crippen LogP contribution in [0.5, 0.6) is 0 Å². The third-order valence-electron chi connectivity index (χ3n) is 6.61. The van der Waals surface area contributed by atoms with Gasteiger partial charge >= 0.3 is 24.2 Å². The molecule has 0 saturated heterocycles. The van der Waals surface area contributed by atoms with Gasteiger partial charge in [0.15, 0.2) is 0 Å². The molecule has 0 aliphatic rings. The number of nitrogens with zero attached hydrogens (tertiary/aromatic N) is 2. The molecule has 224 valence electrons. The van der Waals surface area contributed by atoms with Crippen molar-refractivity contribution >= 4 is 10.4 Å². The maximum atomic E-state index is 12.0. The van der Waals surface area contributed by atoms with Gasteiger partial charge in [0.05, 0.1) is 52.4 Å². The van der Waals surface area contributed by atoms with E-state index in [1.54, 1.807) is 0 Å². The normalized spacial score (nSPS) is 13.1. The van der Waals surface area contributed by atoms with E-state index in [2.05, 4.69) is 55.4 Å². The Hall–Kier alpha value is -0.770. The van der Waals surface area contributed by atoms with Crippen LogP contribution in [0, 0.1) is 0 Å². The minimum Gasteiger partial charge on any atom is -0.759 e. The number of quaternary nitrogens is 2. The molecular formula is C21H44F8N2O4S. The Morgan fingerprint density at radius 2 is 0.778 bits per heavy atom. The second-order valence-corrected chi connectivity index (χ2v) is 8.82. The first-order valence-corrected chi connectivity index (χ1v) is 13.0. The molecule has 0 spiro atoms. The molecule has 0 aromatic rings. The van der Waals surface area contributed by atoms with Crippen molar-refractivity contribution in [2.45, 2.75) is 86.5 Å². The van der Waals surface area contributed by atoms with Crippen molar-refractivity contribution in [3.63, 3.8) is 0 Å². The highest BCUT2D eigenvalue weighted by Crippen LogP contribution is 2.48. The Balaban J connectivity index is -0.000000199. The maximum Gasteiger partial charge on any atom is 0.377 e. The van der Waals surface area contributed by atoms with E-state index in [9.17, 15) is 35.1 Å². The van der Waals surface area contributed by atoms with Crippen LogP contribution in [-0.4, -0.2) is 103 Å². The Morgan fingerprint density at radius 1 is 0.611 bits per heavy atom. The van der Waals surface area contributed by atoms with Crippen LogP contribution in [0.15, 0.2) is 0 Å². The lowest BCUT2D eigenvalue weighted by atomic mass is 10.1. The summed E-state index contributed by atoms with van der Waals surface area (Å²) in [6, 6.07) is 0. The van der Waals surface area contributed by atoms with Crippen molar-refractivity contribution in [1.29, 1.82) is 0 Å². The van der Waals surface area contributed by atoms with Gasteiger partial charge in [-0.2, -0.15) is 26.3 Å². The first-order valence-electron chi connectivity index (χ1n) is 11.7. The summed E-state index contributed by atoms with van der Waals surface area (Å²) in [6.45, 7) is 27.9. The first-order chi connectivity index (χ1) is 15.9. The molecule has 0 radical (unpaired) electrons. The van der Waals surface area contributed by atoms with Crippen molar-refractivity contribution in [3.05, 3.63) is 0 Å². The van der Waals surface area contributed by atoms with Gasteiger partial charge in [0.1, 0.15) is 0 Å². The fourth-order valence-electron chi connectivity index (χ4n) is 3.11. The second-order valence-electron chi connectivity index (χ2n) is 8.01. The largest absolute Gasteiger partial charge is 0.759 e. The van der Waals surface area contributed by atoms with E-state index in [-0.39, 0.29) is 0 Å². The molecule has 0 aromatic carbocycles. The number of hydrogen-bond acceptors (Lipinski definition) is 4. The molecule has 0 saturated carbocycles. The summed E-state index contributed by atoms with van der Waals surface area (Å²) in [5.74, 6) is -17.3. The van der Waals surface area contributed by atoms with Gasteiger partial charge in [0, 0.05) is 17.3 Å². The van der Waals surface area contributed by atoms with Crippen molar-refractivity contribution < 1.29 is 61.6 Å². The van der Waals surface area contributed by atoms with Gasteiger partial charge in [-0.25, -0.2) is 8.78 Å². The van der Waals surface area contributed by atoms with E-state index in [0.717, 1.165) is 0 Å². The van der Waals surface area contributed by atoms with Gasteiger partial charge < -0.3 is 18.1 Å². The van der Waals surface area contributed by atoms with Crippen LogP contribution in [0.4, 0.5) is 35.1 Å². The molecule has 0 heterocycles. The van der Waals surface area contributed by atoms with Crippen LogP contribution in [-0.2, 0) is 10.4 Å². The summed E-state index contributed by atoms with van der Waals surface area (Å²) in [6.07, 6.45) is -4.84. The number of alkyl halides is 8. The van der Waals surface area contributed by atoms with E-state index in [4.69, 9.17) is 17.5 Å². The quantitative estimate of drug-likeness (QED) is 0.140. The predicted octanol–water partition coefficient (Wildman–Crippen LogP) is 5.60. The van der Waals surface area contributed by atoms with Crippen molar-refractivity contribution in [2.75, 3.05) is 52.4 Å². The molecule has 0 aromatic heterocycles. The smallest absolute Gasteiger partial charge is 0.377 e. The zero-order valence-electron chi connectivity index (χ0n) is 22.7. The zero-order valence-corrected chi connectivity index (χ0v) is 23.5. The van der Waals surface area contributed by atoms with Crippen LogP contribution in [0.25, 0.3) is 0 Å². The van der Waals surface area contributed by atoms with Crippen LogP contribution >= 0.6 is 0 Å². The van der Waals surface area contributed by atoms with Gasteiger partial charge in [0.25, 0.3) is 0 Å². The molecule has 0 aliphatic carbocycles. The molecule has 0 unspecified atom stereocenters. The highest BCUT2D eigenvalue weighted by atomic mass is 32.3. The standard InChI is InChI=1S/2C8H20N.C5H4F8.H2O4S/c2*1-5-9(6-2,7-3)8-4;1-3(8,9)5(12,13)4(10,11)2(6)7;1-5(2,3)4/h2*5-8H2,1-4H3;2H,1H3;(H2,1,2,3,4)/q2*+1;;/p-2. The van der Waals surface area contributed by atoms with E-state index in [1.807, 2.05) is 0 Å². The van der Waals surface area contributed by atoms with Crippen LogP contribution in [0.1, 0.15) is 62.3 Å². The summed E-state index contributed by atoms with van der Waals surface area (Å²) >= 11 is 0. The van der Waals surface area contributed by atoms with Crippen LogP contribution < -0.4 is 0 Å². The molecule has 0 fully saturated rings. The molecule has 0 rings (SSSR count). The molecule has 0 amide bonds. The minimum absolute atomic E-state index is 0.552. The van der Waals surface area contributed by atoms with Gasteiger partial charge in [-0.15, -0.1) is 0 Å². The fraction of sp³-hybridized carbons (Fsp3) is 1.00. The van der Waals surface area contributed by atoms with Crippen molar-refractivity contribution in [1.82, 2.24) is 0 Å². The Morgan fingerprint density at radius 3 is 0.806 bits per heavy atom. The first kappa shape index (κ1) is 42.3. The Kier molecular flexibility index (Phi) is 20.8. The predicted molar refractivity (Wildman–Crippen MR) is 122 cm³/mol. The lowest BCUT2D eigenvalue weighted by Gasteiger charge is -2.34. The third kappa shape index (κ3) is 15.5. The molecule has 0 bridgehead atoms. The van der Waals surface area contributed by atoms with Gasteiger partial charge in [-0.1, -0.05) is 0 Å². The SMILES string of the molecule is CC(F)(F)C(F)(F)C(F)(F)C(F)F.CC[N+](CC)(CC)CC.CC[N+](CC)(CC)CC.O=S(=O)([O-])[O-]. The van der Waals surface area contributed by atoms with Crippen LogP contribution in [0.3, 0.4) is 0 Å². The van der Waals surface area contributed by atoms with Gasteiger partial charge in [0.2, 0.25) is 0 Å². The summed E-state index contributed by atoms with van der Waals surface area (Å²) < 4.78 is 130. The average Bonchev–Trinajstić information content (AvgIpc) is 2.76. The van der Waals surface area contributed by atoms with E-state index >= 15 is 0 Å². The second kappa shape index (κ2) is 17.7. The topological polar surface area (TPSA) is 80.3 Å². The number of rotatable bonds is 11. The summed E-state index contributed by atoms with van der Waals surface area (Å²) in [4.78, 5) is 0. The lowest BCUT2D eigenvalue weighted by molar-refractivity contribution is -0.921. The lowest BCUT2D eigenvalue weighted by Crippen LogP contribution is -2.56. The molecule has 0 atom stereocenters. The molecule has 15 heteroatoms. The molecule has 0 aliphatic heterocycles. The minimum atomic E-state index is -6.06. The van der Waals surface area contributed by atoms with Crippen LogP contribution in [0.2, 0.25) is 0 Å². The van der Waals surface area contributed by atoms with Crippen molar-refractivity contribution in [3.8, 4) is 0 Å². The Bertz CT molecular complexity index is 590. The van der Waals surface area contributed by atoms with E-state index < -0.39 is 41.5 Å². The fourth-order valence-corrected chi connectivity index (χ4v) is 3.11. The summed E-state index contributed by atoms with van der Waals surface area (Å²) in [5.41, 5.74) is 0. The monoisotopic (exact) mass is 572 g/mol. The van der Waals surface area contributed by atoms with E-state index in [0.29, 0.717) is 0 Å². The third-order valence-corrected chi connectivity index (χ3v) is 6.61. The average molecular weight is 573 g/mol. The van der Waals surface area contributed by atoms with Crippen molar-refractivity contribution in [2.24, 2.45) is 0 Å². The molecule has 0 N–H and O–H groups in total. The molecule has 6 nitrogen and oxygen atoms in total. The summed E-state index contributed by atoms with van der Waals surface area (Å²) in [7, 11) is -5.17. The molecular weight excluding hydrogens is 528 g/mol. The zero-order chi connectivity index (χ0) is 30.2. The number of hydrogen-bond donors (Lipinski definition) is 0. The molecule has 36 heavy (non-hydrogen) atoms. The van der Waals surface area contributed by atoms with E-state index in [1.165, 1.54) is 61.3 Å². The van der Waals surface area contributed by atoms with Gasteiger partial charge in [-0.3, -0.25) is 8.42 Å².